The van der Waals surface area contributed by atoms with Crippen LogP contribution in [0.1, 0.15) is 11.3 Å². The van der Waals surface area contributed by atoms with E-state index in [-0.39, 0.29) is 17.1 Å². The number of benzene rings is 1. The lowest BCUT2D eigenvalue weighted by Crippen LogP contribution is -2.27. The van der Waals surface area contributed by atoms with Gasteiger partial charge in [-0.05, 0) is 24.6 Å². The monoisotopic (exact) mass is 294 g/mol. The lowest BCUT2D eigenvalue weighted by atomic mass is 10.2. The molecule has 2 aromatic rings. The molecular weight excluding hydrogens is 276 g/mol. The molecule has 0 saturated carbocycles. The first-order valence-corrected chi connectivity index (χ1v) is 7.72. The summed E-state index contributed by atoms with van der Waals surface area (Å²) in [6.07, 6.45) is 2.36. The Kier molecular flexibility index (Phi) is 4.10. The zero-order chi connectivity index (χ0) is 14.8. The molecule has 3 N–H and O–H groups in total. The van der Waals surface area contributed by atoms with E-state index in [0.717, 1.165) is 5.69 Å². The maximum absolute atomic E-state index is 12.3. The van der Waals surface area contributed by atoms with Crippen LogP contribution in [0.4, 0.5) is 5.69 Å². The van der Waals surface area contributed by atoms with Gasteiger partial charge >= 0.3 is 0 Å². The molecule has 20 heavy (non-hydrogen) atoms. The number of nitrogens with zero attached hydrogens (tertiary/aromatic N) is 2. The van der Waals surface area contributed by atoms with E-state index in [1.807, 2.05) is 19.3 Å². The van der Waals surface area contributed by atoms with Gasteiger partial charge in [-0.3, -0.25) is 4.68 Å². The van der Waals surface area contributed by atoms with Crippen molar-refractivity contribution in [1.29, 1.82) is 0 Å². The first-order valence-electron chi connectivity index (χ1n) is 6.23. The standard InChI is InChI=1S/C13H18N4O2S/c1-10-4-3-5-12(14)13(10)20(18,19)15-8-6-11-7-9-17(2)16-11/h3-5,7,9,15H,6,8,14H2,1-2H3. The summed E-state index contributed by atoms with van der Waals surface area (Å²) in [4.78, 5) is 0.154. The van der Waals surface area contributed by atoms with Crippen LogP contribution in [0.5, 0.6) is 0 Å². The van der Waals surface area contributed by atoms with Gasteiger partial charge in [0.2, 0.25) is 10.0 Å². The van der Waals surface area contributed by atoms with Crippen LogP contribution < -0.4 is 10.5 Å². The lowest BCUT2D eigenvalue weighted by molar-refractivity contribution is 0.581. The van der Waals surface area contributed by atoms with Crippen molar-refractivity contribution in [2.24, 2.45) is 7.05 Å². The maximum Gasteiger partial charge on any atom is 0.242 e. The van der Waals surface area contributed by atoms with Crippen LogP contribution in [0, 0.1) is 6.92 Å². The molecular formula is C13H18N4O2S. The van der Waals surface area contributed by atoms with Gasteiger partial charge in [0.1, 0.15) is 4.90 Å². The van der Waals surface area contributed by atoms with Crippen LogP contribution in [0.2, 0.25) is 0 Å². The number of hydrogen-bond donors (Lipinski definition) is 2. The number of nitrogen functional groups attached to an aromatic ring is 1. The first-order chi connectivity index (χ1) is 9.40. The number of hydrogen-bond acceptors (Lipinski definition) is 4. The lowest BCUT2D eigenvalue weighted by Gasteiger charge is -2.11. The maximum atomic E-state index is 12.3. The van der Waals surface area contributed by atoms with Crippen molar-refractivity contribution in [2.45, 2.75) is 18.2 Å². The molecule has 0 saturated heterocycles. The van der Waals surface area contributed by atoms with Crippen molar-refractivity contribution in [1.82, 2.24) is 14.5 Å². The topological polar surface area (TPSA) is 90.0 Å². The molecule has 0 radical (unpaired) electrons. The predicted octanol–water partition coefficient (Wildman–Crippen LogP) is 0.832. The fourth-order valence-electron chi connectivity index (χ4n) is 2.02. The van der Waals surface area contributed by atoms with Crippen molar-refractivity contribution < 1.29 is 8.42 Å². The Bertz CT molecular complexity index is 687. The normalized spacial score (nSPS) is 11.7. The largest absolute Gasteiger partial charge is 0.398 e. The van der Waals surface area contributed by atoms with Crippen LogP contribution in [-0.2, 0) is 23.5 Å². The molecule has 0 bridgehead atoms. The average Bonchev–Trinajstić information content (AvgIpc) is 2.74. The van der Waals surface area contributed by atoms with Crippen LogP contribution in [-0.4, -0.2) is 24.7 Å². The number of nitrogens with two attached hydrogens (primary N) is 1. The van der Waals surface area contributed by atoms with E-state index in [1.165, 1.54) is 0 Å². The molecule has 0 amide bonds. The van der Waals surface area contributed by atoms with Crippen molar-refractivity contribution in [3.05, 3.63) is 41.7 Å². The summed E-state index contributed by atoms with van der Waals surface area (Å²) in [6, 6.07) is 6.90. The minimum Gasteiger partial charge on any atom is -0.398 e. The minimum absolute atomic E-state index is 0.154. The summed E-state index contributed by atoms with van der Waals surface area (Å²) in [5, 5.41) is 4.20. The van der Waals surface area contributed by atoms with Gasteiger partial charge in [-0.25, -0.2) is 13.1 Å². The SMILES string of the molecule is Cc1cccc(N)c1S(=O)(=O)NCCc1ccn(C)n1. The molecule has 0 aliphatic rings. The third-order valence-corrected chi connectivity index (χ3v) is 4.63. The summed E-state index contributed by atoms with van der Waals surface area (Å²) >= 11 is 0. The summed E-state index contributed by atoms with van der Waals surface area (Å²) in [5.74, 6) is 0. The third-order valence-electron chi connectivity index (χ3n) is 2.95. The van der Waals surface area contributed by atoms with Gasteiger partial charge < -0.3 is 5.73 Å². The summed E-state index contributed by atoms with van der Waals surface area (Å²) in [5.41, 5.74) is 7.49. The molecule has 2 rings (SSSR count). The molecule has 0 aliphatic carbocycles. The van der Waals surface area contributed by atoms with Crippen molar-refractivity contribution in [2.75, 3.05) is 12.3 Å². The average molecular weight is 294 g/mol. The smallest absolute Gasteiger partial charge is 0.242 e. The first kappa shape index (κ1) is 14.5. The molecule has 1 heterocycles. The number of anilines is 1. The molecule has 0 atom stereocenters. The Balaban J connectivity index is 2.08. The van der Waals surface area contributed by atoms with Crippen molar-refractivity contribution >= 4 is 15.7 Å². The number of aromatic nitrogens is 2. The molecule has 0 unspecified atom stereocenters. The van der Waals surface area contributed by atoms with Gasteiger partial charge in [0, 0.05) is 26.2 Å². The number of sulfonamides is 1. The second kappa shape index (κ2) is 5.64. The van der Waals surface area contributed by atoms with E-state index in [0.29, 0.717) is 12.0 Å². The zero-order valence-corrected chi connectivity index (χ0v) is 12.3. The van der Waals surface area contributed by atoms with E-state index in [2.05, 4.69) is 9.82 Å². The van der Waals surface area contributed by atoms with Gasteiger partial charge in [-0.2, -0.15) is 5.10 Å². The summed E-state index contributed by atoms with van der Waals surface area (Å²) in [6.45, 7) is 2.01. The molecule has 1 aromatic carbocycles. The van der Waals surface area contributed by atoms with Gasteiger partial charge in [0.25, 0.3) is 0 Å². The van der Waals surface area contributed by atoms with Gasteiger partial charge in [0.05, 0.1) is 11.4 Å². The highest BCUT2D eigenvalue weighted by atomic mass is 32.2. The third kappa shape index (κ3) is 3.17. The molecule has 0 aliphatic heterocycles. The number of aryl methyl sites for hydroxylation is 2. The Hall–Kier alpha value is -1.86. The van der Waals surface area contributed by atoms with E-state index in [1.54, 1.807) is 29.8 Å². The summed E-state index contributed by atoms with van der Waals surface area (Å²) in [7, 11) is -1.77. The van der Waals surface area contributed by atoms with Crippen molar-refractivity contribution in [3.8, 4) is 0 Å². The Morgan fingerprint density at radius 2 is 2.10 bits per heavy atom. The van der Waals surface area contributed by atoms with Gasteiger partial charge in [-0.15, -0.1) is 0 Å². The molecule has 108 valence electrons. The van der Waals surface area contributed by atoms with E-state index in [4.69, 9.17) is 5.73 Å². The summed E-state index contributed by atoms with van der Waals surface area (Å²) < 4.78 is 28.7. The van der Waals surface area contributed by atoms with Crippen LogP contribution in [0.15, 0.2) is 35.4 Å². The number of nitrogens with one attached hydrogen (secondary N) is 1. The van der Waals surface area contributed by atoms with Gasteiger partial charge in [0.15, 0.2) is 0 Å². The molecule has 7 heteroatoms. The molecule has 1 aromatic heterocycles. The fourth-order valence-corrected chi connectivity index (χ4v) is 3.41. The highest BCUT2D eigenvalue weighted by Crippen LogP contribution is 2.21. The zero-order valence-electron chi connectivity index (χ0n) is 11.5. The second-order valence-corrected chi connectivity index (χ2v) is 6.33. The number of rotatable bonds is 5. The van der Waals surface area contributed by atoms with Gasteiger partial charge in [-0.1, -0.05) is 12.1 Å². The Morgan fingerprint density at radius 3 is 2.70 bits per heavy atom. The van der Waals surface area contributed by atoms with Crippen LogP contribution >= 0.6 is 0 Å². The van der Waals surface area contributed by atoms with Crippen molar-refractivity contribution in [3.63, 3.8) is 0 Å². The van der Waals surface area contributed by atoms with E-state index < -0.39 is 10.0 Å². The Labute approximate surface area is 118 Å². The molecule has 6 nitrogen and oxygen atoms in total. The molecule has 0 spiro atoms. The van der Waals surface area contributed by atoms with Crippen LogP contribution in [0.3, 0.4) is 0 Å². The highest BCUT2D eigenvalue weighted by molar-refractivity contribution is 7.89. The minimum atomic E-state index is -3.59. The molecule has 0 fully saturated rings. The highest BCUT2D eigenvalue weighted by Gasteiger charge is 2.19. The predicted molar refractivity (Wildman–Crippen MR) is 77.7 cm³/mol. The van der Waals surface area contributed by atoms with Crippen LogP contribution in [0.25, 0.3) is 0 Å². The van der Waals surface area contributed by atoms with E-state index >= 15 is 0 Å². The Morgan fingerprint density at radius 1 is 1.35 bits per heavy atom. The quantitative estimate of drug-likeness (QED) is 0.799. The fraction of sp³-hybridized carbons (Fsp3) is 0.308. The second-order valence-electron chi connectivity index (χ2n) is 4.62. The van der Waals surface area contributed by atoms with E-state index in [9.17, 15) is 8.42 Å².